The smallest absolute Gasteiger partial charge is 0.160 e. The van der Waals surface area contributed by atoms with Gasteiger partial charge in [0.05, 0.1) is 17.8 Å². The van der Waals surface area contributed by atoms with Crippen molar-refractivity contribution in [3.05, 3.63) is 23.2 Å². The van der Waals surface area contributed by atoms with Gasteiger partial charge in [0.1, 0.15) is 0 Å². The SMILES string of the molecule is CCNc1cccc(Cl)c1OC. The monoisotopic (exact) mass is 185 g/mol. The van der Waals surface area contributed by atoms with Crippen molar-refractivity contribution in [1.82, 2.24) is 0 Å². The van der Waals surface area contributed by atoms with Crippen molar-refractivity contribution in [3.63, 3.8) is 0 Å². The summed E-state index contributed by atoms with van der Waals surface area (Å²) in [5.41, 5.74) is 0.938. The summed E-state index contributed by atoms with van der Waals surface area (Å²) in [4.78, 5) is 0. The zero-order valence-corrected chi connectivity index (χ0v) is 7.98. The molecule has 1 aromatic carbocycles. The second kappa shape index (κ2) is 4.21. The number of benzene rings is 1. The fraction of sp³-hybridized carbons (Fsp3) is 0.333. The standard InChI is InChI=1S/C9H12ClNO/c1-3-11-8-6-4-5-7(10)9(8)12-2/h4-6,11H,3H2,1-2H3. The van der Waals surface area contributed by atoms with Crippen molar-refractivity contribution in [3.8, 4) is 5.75 Å². The Morgan fingerprint density at radius 2 is 2.25 bits per heavy atom. The molecule has 1 rings (SSSR count). The van der Waals surface area contributed by atoms with Crippen LogP contribution in [0.15, 0.2) is 18.2 Å². The molecular formula is C9H12ClNO. The number of hydrogen-bond donors (Lipinski definition) is 1. The number of para-hydroxylation sites is 1. The highest BCUT2D eigenvalue weighted by Crippen LogP contribution is 2.31. The maximum atomic E-state index is 5.90. The number of ether oxygens (including phenoxy) is 1. The molecule has 0 spiro atoms. The molecule has 0 aromatic heterocycles. The van der Waals surface area contributed by atoms with Gasteiger partial charge in [-0.3, -0.25) is 0 Å². The molecule has 0 bridgehead atoms. The minimum atomic E-state index is 0.635. The van der Waals surface area contributed by atoms with Crippen molar-refractivity contribution >= 4 is 17.3 Å². The lowest BCUT2D eigenvalue weighted by Crippen LogP contribution is -1.99. The molecule has 12 heavy (non-hydrogen) atoms. The van der Waals surface area contributed by atoms with Crippen LogP contribution in [0, 0.1) is 0 Å². The van der Waals surface area contributed by atoms with Crippen molar-refractivity contribution in [2.45, 2.75) is 6.92 Å². The molecule has 0 aliphatic carbocycles. The molecule has 0 saturated carbocycles. The van der Waals surface area contributed by atoms with E-state index in [1.54, 1.807) is 13.2 Å². The summed E-state index contributed by atoms with van der Waals surface area (Å²) < 4.78 is 5.13. The van der Waals surface area contributed by atoms with Crippen LogP contribution in [0.4, 0.5) is 5.69 Å². The van der Waals surface area contributed by atoms with Gasteiger partial charge in [0.25, 0.3) is 0 Å². The largest absolute Gasteiger partial charge is 0.493 e. The third kappa shape index (κ3) is 1.83. The number of rotatable bonds is 3. The minimum Gasteiger partial charge on any atom is -0.493 e. The van der Waals surface area contributed by atoms with Gasteiger partial charge in [0.2, 0.25) is 0 Å². The number of methoxy groups -OCH3 is 1. The molecule has 0 saturated heterocycles. The van der Waals surface area contributed by atoms with E-state index in [2.05, 4.69) is 5.32 Å². The Morgan fingerprint density at radius 1 is 1.50 bits per heavy atom. The predicted molar refractivity (Wildman–Crippen MR) is 52.2 cm³/mol. The lowest BCUT2D eigenvalue weighted by Gasteiger charge is -2.10. The molecule has 1 aromatic rings. The van der Waals surface area contributed by atoms with Gasteiger partial charge in [0, 0.05) is 6.54 Å². The number of hydrogen-bond acceptors (Lipinski definition) is 2. The fourth-order valence-corrected chi connectivity index (χ4v) is 1.30. The summed E-state index contributed by atoms with van der Waals surface area (Å²) in [5.74, 6) is 0.709. The van der Waals surface area contributed by atoms with Crippen LogP contribution in [0.3, 0.4) is 0 Å². The first kappa shape index (κ1) is 9.20. The van der Waals surface area contributed by atoms with E-state index in [1.807, 2.05) is 19.1 Å². The Balaban J connectivity index is 3.00. The topological polar surface area (TPSA) is 21.3 Å². The molecule has 2 nitrogen and oxygen atoms in total. The van der Waals surface area contributed by atoms with Crippen LogP contribution in [-0.4, -0.2) is 13.7 Å². The van der Waals surface area contributed by atoms with Crippen LogP contribution in [0.1, 0.15) is 6.92 Å². The highest BCUT2D eigenvalue weighted by atomic mass is 35.5. The van der Waals surface area contributed by atoms with Crippen molar-refractivity contribution in [2.24, 2.45) is 0 Å². The molecule has 3 heteroatoms. The lowest BCUT2D eigenvalue weighted by molar-refractivity contribution is 0.416. The Kier molecular flexibility index (Phi) is 3.23. The van der Waals surface area contributed by atoms with Gasteiger partial charge < -0.3 is 10.1 Å². The van der Waals surface area contributed by atoms with Gasteiger partial charge in [-0.25, -0.2) is 0 Å². The van der Waals surface area contributed by atoms with E-state index in [9.17, 15) is 0 Å². The quantitative estimate of drug-likeness (QED) is 0.782. The zero-order chi connectivity index (χ0) is 8.97. The van der Waals surface area contributed by atoms with Gasteiger partial charge >= 0.3 is 0 Å². The van der Waals surface area contributed by atoms with Crippen LogP contribution in [0.2, 0.25) is 5.02 Å². The van der Waals surface area contributed by atoms with Crippen LogP contribution >= 0.6 is 11.6 Å². The maximum absolute atomic E-state index is 5.90. The summed E-state index contributed by atoms with van der Waals surface area (Å²) in [6.45, 7) is 2.89. The first-order valence-corrected chi connectivity index (χ1v) is 4.23. The molecule has 0 fully saturated rings. The van der Waals surface area contributed by atoms with E-state index in [0.717, 1.165) is 12.2 Å². The lowest BCUT2D eigenvalue weighted by atomic mass is 10.3. The normalized spacial score (nSPS) is 9.58. The average Bonchev–Trinajstić information content (AvgIpc) is 2.05. The van der Waals surface area contributed by atoms with Gasteiger partial charge in [-0.15, -0.1) is 0 Å². The summed E-state index contributed by atoms with van der Waals surface area (Å²) >= 11 is 5.90. The van der Waals surface area contributed by atoms with Crippen LogP contribution < -0.4 is 10.1 Å². The highest BCUT2D eigenvalue weighted by molar-refractivity contribution is 6.32. The van der Waals surface area contributed by atoms with Crippen LogP contribution in [0.25, 0.3) is 0 Å². The predicted octanol–water partition coefficient (Wildman–Crippen LogP) is 2.78. The van der Waals surface area contributed by atoms with Gasteiger partial charge in [-0.1, -0.05) is 17.7 Å². The number of halogens is 1. The molecule has 66 valence electrons. The molecule has 1 N–H and O–H groups in total. The van der Waals surface area contributed by atoms with Crippen molar-refractivity contribution in [1.29, 1.82) is 0 Å². The third-order valence-electron chi connectivity index (χ3n) is 1.54. The summed E-state index contributed by atoms with van der Waals surface area (Å²) in [6.07, 6.45) is 0. The zero-order valence-electron chi connectivity index (χ0n) is 7.23. The molecule has 0 amide bonds. The maximum Gasteiger partial charge on any atom is 0.160 e. The van der Waals surface area contributed by atoms with Crippen molar-refractivity contribution < 1.29 is 4.74 Å². The van der Waals surface area contributed by atoms with E-state index < -0.39 is 0 Å². The molecule has 0 heterocycles. The second-order valence-corrected chi connectivity index (χ2v) is 2.76. The van der Waals surface area contributed by atoms with E-state index in [0.29, 0.717) is 10.8 Å². The molecule has 0 unspecified atom stereocenters. The third-order valence-corrected chi connectivity index (χ3v) is 1.84. The Hall–Kier alpha value is -0.890. The molecule has 0 radical (unpaired) electrons. The Labute approximate surface area is 77.5 Å². The Bertz CT molecular complexity index is 263. The minimum absolute atomic E-state index is 0.635. The first-order valence-electron chi connectivity index (χ1n) is 3.86. The number of nitrogens with one attached hydrogen (secondary N) is 1. The number of anilines is 1. The Morgan fingerprint density at radius 3 is 2.83 bits per heavy atom. The van der Waals surface area contributed by atoms with Gasteiger partial charge in [-0.2, -0.15) is 0 Å². The summed E-state index contributed by atoms with van der Waals surface area (Å²) in [5, 5.41) is 3.79. The average molecular weight is 186 g/mol. The molecule has 0 aliphatic heterocycles. The van der Waals surface area contributed by atoms with E-state index in [1.165, 1.54) is 0 Å². The van der Waals surface area contributed by atoms with Crippen LogP contribution in [0.5, 0.6) is 5.75 Å². The first-order chi connectivity index (χ1) is 5.79. The van der Waals surface area contributed by atoms with E-state index in [4.69, 9.17) is 16.3 Å². The fourth-order valence-electron chi connectivity index (χ4n) is 1.05. The van der Waals surface area contributed by atoms with Crippen molar-refractivity contribution in [2.75, 3.05) is 19.0 Å². The van der Waals surface area contributed by atoms with Gasteiger partial charge in [-0.05, 0) is 19.1 Å². The second-order valence-electron chi connectivity index (χ2n) is 2.35. The van der Waals surface area contributed by atoms with Gasteiger partial charge in [0.15, 0.2) is 5.75 Å². The summed E-state index contributed by atoms with van der Waals surface area (Å²) in [6, 6.07) is 5.64. The molecule has 0 atom stereocenters. The van der Waals surface area contributed by atoms with E-state index >= 15 is 0 Å². The molecule has 0 aliphatic rings. The summed E-state index contributed by atoms with van der Waals surface area (Å²) in [7, 11) is 1.61. The highest BCUT2D eigenvalue weighted by Gasteiger charge is 2.04. The van der Waals surface area contributed by atoms with Crippen LogP contribution in [-0.2, 0) is 0 Å². The molecular weight excluding hydrogens is 174 g/mol. The van der Waals surface area contributed by atoms with E-state index in [-0.39, 0.29) is 0 Å².